The first-order valence-corrected chi connectivity index (χ1v) is 18.0. The van der Waals surface area contributed by atoms with E-state index < -0.39 is 0 Å². The average Bonchev–Trinajstić information content (AvgIpc) is 3.71. The summed E-state index contributed by atoms with van der Waals surface area (Å²) in [5.41, 5.74) is 12.9. The normalized spacial score (nSPS) is 13.5. The molecule has 0 fully saturated rings. The minimum Gasteiger partial charge on any atom is -0.299 e. The van der Waals surface area contributed by atoms with Gasteiger partial charge in [0.15, 0.2) is 0 Å². The molecule has 0 spiro atoms. The molecule has 1 aliphatic carbocycles. The molecule has 2 heteroatoms. The van der Waals surface area contributed by atoms with Crippen LogP contribution in [-0.2, 0) is 5.41 Å². The van der Waals surface area contributed by atoms with Gasteiger partial charge in [0.2, 0.25) is 0 Å². The molecular formula is C48H42N2. The molecule has 1 heterocycles. The van der Waals surface area contributed by atoms with Crippen LogP contribution in [0.4, 0.5) is 0 Å². The Bertz CT molecular complexity index is 2590. The van der Waals surface area contributed by atoms with Gasteiger partial charge in [-0.2, -0.15) is 0 Å². The smallest absolute Gasteiger partial charge is 0.144 e. The third-order valence-corrected chi connectivity index (χ3v) is 11.2. The molecule has 0 N–H and O–H groups in total. The predicted octanol–water partition coefficient (Wildman–Crippen LogP) is 13.2. The molecule has 1 aliphatic rings. The zero-order valence-corrected chi connectivity index (χ0v) is 29.8. The van der Waals surface area contributed by atoms with Crippen LogP contribution in [0.3, 0.4) is 0 Å². The van der Waals surface area contributed by atoms with Crippen molar-refractivity contribution in [1.82, 2.24) is 9.55 Å². The zero-order valence-electron chi connectivity index (χ0n) is 29.8. The second-order valence-corrected chi connectivity index (χ2v) is 15.2. The van der Waals surface area contributed by atoms with Crippen molar-refractivity contribution >= 4 is 32.3 Å². The Morgan fingerprint density at radius 3 is 1.64 bits per heavy atom. The van der Waals surface area contributed by atoms with Crippen LogP contribution in [-0.4, -0.2) is 9.55 Å². The summed E-state index contributed by atoms with van der Waals surface area (Å²) in [7, 11) is 0. The largest absolute Gasteiger partial charge is 0.299 e. The van der Waals surface area contributed by atoms with Crippen LogP contribution < -0.4 is 0 Å². The van der Waals surface area contributed by atoms with Crippen molar-refractivity contribution in [2.45, 2.75) is 58.8 Å². The summed E-state index contributed by atoms with van der Waals surface area (Å²) in [4.78, 5) is 5.05. The zero-order chi connectivity index (χ0) is 34.3. The summed E-state index contributed by atoms with van der Waals surface area (Å²) in [6, 6.07) is 45.3. The van der Waals surface area contributed by atoms with Gasteiger partial charge < -0.3 is 0 Å². The highest BCUT2D eigenvalue weighted by Gasteiger charge is 2.36. The summed E-state index contributed by atoms with van der Waals surface area (Å²) in [6.07, 6.45) is 4.12. The average molecular weight is 647 g/mol. The molecule has 0 aliphatic heterocycles. The van der Waals surface area contributed by atoms with Crippen LogP contribution in [0.5, 0.6) is 0 Å². The summed E-state index contributed by atoms with van der Waals surface area (Å²) in [5.74, 6) is 1.66. The molecule has 9 rings (SSSR count). The number of fused-ring (bicyclic) bond motifs is 9. The van der Waals surface area contributed by atoms with E-state index in [-0.39, 0.29) is 5.41 Å². The van der Waals surface area contributed by atoms with Gasteiger partial charge in [0.1, 0.15) is 5.82 Å². The molecular weight excluding hydrogens is 605 g/mol. The molecule has 50 heavy (non-hydrogen) atoms. The highest BCUT2D eigenvalue weighted by molar-refractivity contribution is 6.26. The summed E-state index contributed by atoms with van der Waals surface area (Å²) >= 11 is 0. The Hall–Kier alpha value is -5.47. The van der Waals surface area contributed by atoms with Gasteiger partial charge in [-0.25, -0.2) is 4.98 Å². The van der Waals surface area contributed by atoms with E-state index in [0.29, 0.717) is 11.8 Å². The standard InChI is InChI=1S/C48H42N2/c1-29(2)38-25-33(31-14-8-7-9-15-31)26-39(30(3)4)46(38)50-23-22-49-47(50)32-20-21-44-42(24-32)43-27-40-36-18-12-10-16-34(36)35-17-11-13-19-37(35)41(40)28-45(43)48(44,5)6/h7-30H,1-6H3. The summed E-state index contributed by atoms with van der Waals surface area (Å²) < 4.78 is 2.35. The van der Waals surface area contributed by atoms with Crippen LogP contribution >= 0.6 is 0 Å². The molecule has 1 aromatic heterocycles. The molecule has 0 atom stereocenters. The highest BCUT2D eigenvalue weighted by Crippen LogP contribution is 2.52. The van der Waals surface area contributed by atoms with Crippen LogP contribution in [0.1, 0.15) is 75.6 Å². The fraction of sp³-hybridized carbons (Fsp3) is 0.188. The Morgan fingerprint density at radius 1 is 0.500 bits per heavy atom. The lowest BCUT2D eigenvalue weighted by Crippen LogP contribution is -2.15. The van der Waals surface area contributed by atoms with Crippen molar-refractivity contribution in [3.63, 3.8) is 0 Å². The van der Waals surface area contributed by atoms with Gasteiger partial charge in [-0.05, 0) is 119 Å². The number of benzene rings is 7. The van der Waals surface area contributed by atoms with E-state index in [4.69, 9.17) is 4.98 Å². The van der Waals surface area contributed by atoms with Crippen LogP contribution in [0.25, 0.3) is 71.6 Å². The van der Waals surface area contributed by atoms with E-state index in [9.17, 15) is 0 Å². The molecule has 244 valence electrons. The van der Waals surface area contributed by atoms with E-state index in [0.717, 1.165) is 11.4 Å². The van der Waals surface area contributed by atoms with E-state index >= 15 is 0 Å². The van der Waals surface area contributed by atoms with Gasteiger partial charge in [0, 0.05) is 23.4 Å². The van der Waals surface area contributed by atoms with Gasteiger partial charge >= 0.3 is 0 Å². The van der Waals surface area contributed by atoms with Crippen molar-refractivity contribution < 1.29 is 0 Å². The number of hydrogen-bond acceptors (Lipinski definition) is 1. The second kappa shape index (κ2) is 11.3. The third-order valence-electron chi connectivity index (χ3n) is 11.2. The van der Waals surface area contributed by atoms with Crippen LogP contribution in [0.2, 0.25) is 0 Å². The molecule has 0 bridgehead atoms. The van der Waals surface area contributed by atoms with E-state index in [2.05, 4.69) is 174 Å². The van der Waals surface area contributed by atoms with Crippen molar-refractivity contribution in [1.29, 1.82) is 0 Å². The van der Waals surface area contributed by atoms with E-state index in [1.807, 2.05) is 6.20 Å². The summed E-state index contributed by atoms with van der Waals surface area (Å²) in [5, 5.41) is 7.90. The lowest BCUT2D eigenvalue weighted by atomic mass is 9.81. The lowest BCUT2D eigenvalue weighted by Gasteiger charge is -2.24. The van der Waals surface area contributed by atoms with Crippen LogP contribution in [0.15, 0.2) is 134 Å². The maximum Gasteiger partial charge on any atom is 0.144 e. The number of rotatable bonds is 5. The minimum absolute atomic E-state index is 0.123. The lowest BCUT2D eigenvalue weighted by molar-refractivity contribution is 0.661. The van der Waals surface area contributed by atoms with E-state index in [1.54, 1.807) is 0 Å². The monoisotopic (exact) mass is 646 g/mol. The topological polar surface area (TPSA) is 17.8 Å². The molecule has 2 nitrogen and oxygen atoms in total. The van der Waals surface area contributed by atoms with Crippen molar-refractivity contribution in [3.05, 3.63) is 156 Å². The number of hydrogen-bond donors (Lipinski definition) is 0. The van der Waals surface area contributed by atoms with Gasteiger partial charge in [-0.1, -0.05) is 133 Å². The predicted molar refractivity (Wildman–Crippen MR) is 213 cm³/mol. The molecule has 0 saturated carbocycles. The number of aromatic nitrogens is 2. The maximum atomic E-state index is 5.05. The first-order chi connectivity index (χ1) is 24.2. The first-order valence-electron chi connectivity index (χ1n) is 18.0. The van der Waals surface area contributed by atoms with Crippen molar-refractivity contribution in [3.8, 4) is 39.3 Å². The Kier molecular flexibility index (Phi) is 6.90. The SMILES string of the molecule is CC(C)c1cc(-c2ccccc2)cc(C(C)C)c1-n1ccnc1-c1ccc2c(c1)-c1cc3c4ccccc4c4ccccc4c3cc1C2(C)C. The maximum absolute atomic E-state index is 5.05. The van der Waals surface area contributed by atoms with Crippen LogP contribution in [0, 0.1) is 0 Å². The molecule has 7 aromatic carbocycles. The highest BCUT2D eigenvalue weighted by atomic mass is 15.1. The van der Waals surface area contributed by atoms with Gasteiger partial charge in [-0.15, -0.1) is 0 Å². The van der Waals surface area contributed by atoms with Gasteiger partial charge in [-0.3, -0.25) is 4.57 Å². The summed E-state index contributed by atoms with van der Waals surface area (Å²) in [6.45, 7) is 14.0. The third kappa shape index (κ3) is 4.51. The molecule has 0 radical (unpaired) electrons. The molecule has 0 saturated heterocycles. The molecule has 0 amide bonds. The fourth-order valence-electron chi connectivity index (χ4n) is 8.62. The van der Waals surface area contributed by atoms with Gasteiger partial charge in [0.05, 0.1) is 5.69 Å². The minimum atomic E-state index is -0.123. The van der Waals surface area contributed by atoms with Gasteiger partial charge in [0.25, 0.3) is 0 Å². The van der Waals surface area contributed by atoms with Crippen molar-refractivity contribution in [2.75, 3.05) is 0 Å². The Balaban J connectivity index is 1.25. The first kappa shape index (κ1) is 30.6. The fourth-order valence-corrected chi connectivity index (χ4v) is 8.62. The van der Waals surface area contributed by atoms with Crippen molar-refractivity contribution in [2.24, 2.45) is 0 Å². The Labute approximate surface area is 295 Å². The molecule has 0 unspecified atom stereocenters. The quantitative estimate of drug-likeness (QED) is 0.170. The second-order valence-electron chi connectivity index (χ2n) is 15.2. The molecule has 8 aromatic rings. The number of imidazole rings is 1. The Morgan fingerprint density at radius 2 is 1.04 bits per heavy atom. The van der Waals surface area contributed by atoms with E-state index in [1.165, 1.54) is 82.5 Å². The number of nitrogens with zero attached hydrogens (tertiary/aromatic N) is 2.